The molecule has 0 atom stereocenters. The second-order valence-corrected chi connectivity index (χ2v) is 6.15. The van der Waals surface area contributed by atoms with Crippen molar-refractivity contribution in [2.45, 2.75) is 19.8 Å². The van der Waals surface area contributed by atoms with Gasteiger partial charge in [-0.3, -0.25) is 9.59 Å². The highest BCUT2D eigenvalue weighted by Crippen LogP contribution is 2.17. The lowest BCUT2D eigenvalue weighted by Crippen LogP contribution is -2.21. The first kappa shape index (κ1) is 21.2. The number of carbonyl (C=O) groups is 2. The molecule has 0 bridgehead atoms. The van der Waals surface area contributed by atoms with Crippen molar-refractivity contribution in [3.8, 4) is 5.75 Å². The van der Waals surface area contributed by atoms with Crippen molar-refractivity contribution in [2.24, 2.45) is 0 Å². The van der Waals surface area contributed by atoms with Crippen molar-refractivity contribution in [3.05, 3.63) is 48.5 Å². The lowest BCUT2D eigenvalue weighted by Gasteiger charge is -2.10. The quantitative estimate of drug-likeness (QED) is 0.515. The van der Waals surface area contributed by atoms with Crippen LogP contribution in [0.3, 0.4) is 0 Å². The third kappa shape index (κ3) is 7.67. The first-order chi connectivity index (χ1) is 13.6. The zero-order chi connectivity index (χ0) is 20.2. The topological polar surface area (TPSA) is 88.7 Å². The zero-order valence-corrected chi connectivity index (χ0v) is 16.3. The minimum Gasteiger partial charge on any atom is -0.491 e. The number of ether oxygens (including phenoxy) is 2. The Balaban J connectivity index is 1.80. The number of amides is 2. The van der Waals surface area contributed by atoms with Crippen LogP contribution in [0, 0.1) is 0 Å². The van der Waals surface area contributed by atoms with E-state index < -0.39 is 0 Å². The molecule has 7 nitrogen and oxygen atoms in total. The molecular weight excluding hydrogens is 358 g/mol. The lowest BCUT2D eigenvalue weighted by molar-refractivity contribution is -0.116. The number of hydrogen-bond acceptors (Lipinski definition) is 5. The van der Waals surface area contributed by atoms with Gasteiger partial charge in [-0.2, -0.15) is 0 Å². The maximum Gasteiger partial charge on any atom is 0.243 e. The molecule has 28 heavy (non-hydrogen) atoms. The number of hydrogen-bond donors (Lipinski definition) is 3. The van der Waals surface area contributed by atoms with E-state index in [0.717, 1.165) is 17.9 Å². The summed E-state index contributed by atoms with van der Waals surface area (Å²) in [7, 11) is 1.63. The van der Waals surface area contributed by atoms with Crippen LogP contribution in [-0.4, -0.2) is 38.7 Å². The van der Waals surface area contributed by atoms with E-state index in [4.69, 9.17) is 9.47 Å². The molecule has 2 aromatic rings. The van der Waals surface area contributed by atoms with Crippen LogP contribution in [0.1, 0.15) is 19.8 Å². The van der Waals surface area contributed by atoms with Crippen LogP contribution in [-0.2, 0) is 14.3 Å². The second-order valence-electron chi connectivity index (χ2n) is 6.15. The SMILES string of the molecule is CCCC(=O)Nc1cccc(NC(=O)CNc2ccc(OCCOC)cc2)c1. The predicted octanol–water partition coefficient (Wildman–Crippen LogP) is 3.50. The van der Waals surface area contributed by atoms with E-state index in [1.807, 2.05) is 31.2 Å². The normalized spacial score (nSPS) is 10.2. The molecule has 2 amide bonds. The van der Waals surface area contributed by atoms with Gasteiger partial charge in [0.05, 0.1) is 13.2 Å². The Labute approximate surface area is 165 Å². The van der Waals surface area contributed by atoms with Gasteiger partial charge in [-0.05, 0) is 48.9 Å². The van der Waals surface area contributed by atoms with Gasteiger partial charge < -0.3 is 25.4 Å². The van der Waals surface area contributed by atoms with Crippen molar-refractivity contribution in [1.29, 1.82) is 0 Å². The molecule has 0 saturated carbocycles. The number of methoxy groups -OCH3 is 1. The first-order valence-electron chi connectivity index (χ1n) is 9.26. The van der Waals surface area contributed by atoms with E-state index in [-0.39, 0.29) is 18.4 Å². The molecule has 2 rings (SSSR count). The molecule has 0 saturated heterocycles. The Bertz CT molecular complexity index is 763. The van der Waals surface area contributed by atoms with Crippen molar-refractivity contribution < 1.29 is 19.1 Å². The highest BCUT2D eigenvalue weighted by molar-refractivity contribution is 5.95. The van der Waals surface area contributed by atoms with Gasteiger partial charge in [0.15, 0.2) is 0 Å². The van der Waals surface area contributed by atoms with Crippen LogP contribution >= 0.6 is 0 Å². The van der Waals surface area contributed by atoms with Crippen molar-refractivity contribution >= 4 is 28.9 Å². The fraction of sp³-hybridized carbons (Fsp3) is 0.333. The van der Waals surface area contributed by atoms with Gasteiger partial charge in [0.2, 0.25) is 11.8 Å². The smallest absolute Gasteiger partial charge is 0.243 e. The summed E-state index contributed by atoms with van der Waals surface area (Å²) in [6.45, 7) is 3.09. The second kappa shape index (κ2) is 11.6. The molecule has 3 N–H and O–H groups in total. The summed E-state index contributed by atoms with van der Waals surface area (Å²) < 4.78 is 10.4. The standard InChI is InChI=1S/C21H27N3O4/c1-3-5-20(25)23-17-6-4-7-18(14-17)24-21(26)15-22-16-8-10-19(11-9-16)28-13-12-27-2/h4,6-11,14,22H,3,5,12-13,15H2,1-2H3,(H,23,25)(H,24,26). The van der Waals surface area contributed by atoms with Gasteiger partial charge >= 0.3 is 0 Å². The summed E-state index contributed by atoms with van der Waals surface area (Å²) in [5, 5.41) is 8.69. The van der Waals surface area contributed by atoms with Crippen molar-refractivity contribution in [3.63, 3.8) is 0 Å². The molecule has 150 valence electrons. The third-order valence-electron chi connectivity index (χ3n) is 3.77. The van der Waals surface area contributed by atoms with E-state index in [1.54, 1.807) is 31.4 Å². The van der Waals surface area contributed by atoms with Crippen LogP contribution in [0.2, 0.25) is 0 Å². The number of carbonyl (C=O) groups excluding carboxylic acids is 2. The summed E-state index contributed by atoms with van der Waals surface area (Å²) in [5.74, 6) is 0.522. The zero-order valence-electron chi connectivity index (χ0n) is 16.3. The maximum atomic E-state index is 12.2. The number of benzene rings is 2. The van der Waals surface area contributed by atoms with E-state index in [2.05, 4.69) is 16.0 Å². The van der Waals surface area contributed by atoms with Gasteiger partial charge in [0.25, 0.3) is 0 Å². The molecule has 2 aromatic carbocycles. The highest BCUT2D eigenvalue weighted by Gasteiger charge is 2.05. The Kier molecular flexibility index (Phi) is 8.81. The lowest BCUT2D eigenvalue weighted by atomic mass is 10.2. The molecule has 0 radical (unpaired) electrons. The molecular formula is C21H27N3O4. The summed E-state index contributed by atoms with van der Waals surface area (Å²) in [6.07, 6.45) is 1.25. The van der Waals surface area contributed by atoms with Gasteiger partial charge in [-0.1, -0.05) is 13.0 Å². The average Bonchev–Trinajstić information content (AvgIpc) is 2.68. The molecule has 0 aromatic heterocycles. The fourth-order valence-corrected chi connectivity index (χ4v) is 2.42. The molecule has 0 aliphatic carbocycles. The van der Waals surface area contributed by atoms with Crippen molar-refractivity contribution in [1.82, 2.24) is 0 Å². The Morgan fingerprint density at radius 3 is 2.21 bits per heavy atom. The van der Waals surface area contributed by atoms with E-state index in [1.165, 1.54) is 0 Å². The summed E-state index contributed by atoms with van der Waals surface area (Å²) >= 11 is 0. The first-order valence-corrected chi connectivity index (χ1v) is 9.26. The molecule has 0 spiro atoms. The summed E-state index contributed by atoms with van der Waals surface area (Å²) in [6, 6.07) is 14.4. The third-order valence-corrected chi connectivity index (χ3v) is 3.77. The highest BCUT2D eigenvalue weighted by atomic mass is 16.5. The predicted molar refractivity (Wildman–Crippen MR) is 111 cm³/mol. The largest absolute Gasteiger partial charge is 0.491 e. The van der Waals surface area contributed by atoms with Crippen LogP contribution in [0.5, 0.6) is 5.75 Å². The van der Waals surface area contributed by atoms with Gasteiger partial charge in [0, 0.05) is 30.6 Å². The van der Waals surface area contributed by atoms with Gasteiger partial charge in [-0.15, -0.1) is 0 Å². The molecule has 0 fully saturated rings. The van der Waals surface area contributed by atoms with E-state index in [0.29, 0.717) is 31.0 Å². The van der Waals surface area contributed by atoms with Crippen LogP contribution in [0.25, 0.3) is 0 Å². The summed E-state index contributed by atoms with van der Waals surface area (Å²) in [4.78, 5) is 23.8. The summed E-state index contributed by atoms with van der Waals surface area (Å²) in [5.41, 5.74) is 2.10. The monoisotopic (exact) mass is 385 g/mol. The minimum absolute atomic E-state index is 0.0395. The minimum atomic E-state index is -0.183. The van der Waals surface area contributed by atoms with E-state index >= 15 is 0 Å². The van der Waals surface area contributed by atoms with Crippen LogP contribution < -0.4 is 20.7 Å². The molecule has 0 aliphatic heterocycles. The Morgan fingerprint density at radius 2 is 1.57 bits per heavy atom. The molecule has 7 heteroatoms. The number of rotatable bonds is 11. The Hall–Kier alpha value is -3.06. The van der Waals surface area contributed by atoms with Gasteiger partial charge in [-0.25, -0.2) is 0 Å². The van der Waals surface area contributed by atoms with Crippen LogP contribution in [0.4, 0.5) is 17.1 Å². The average molecular weight is 385 g/mol. The maximum absolute atomic E-state index is 12.2. The number of nitrogens with one attached hydrogen (secondary N) is 3. The van der Waals surface area contributed by atoms with Crippen LogP contribution in [0.15, 0.2) is 48.5 Å². The van der Waals surface area contributed by atoms with E-state index in [9.17, 15) is 9.59 Å². The fourth-order valence-electron chi connectivity index (χ4n) is 2.42. The molecule has 0 aliphatic rings. The van der Waals surface area contributed by atoms with Gasteiger partial charge in [0.1, 0.15) is 12.4 Å². The molecule has 0 heterocycles. The number of anilines is 3. The van der Waals surface area contributed by atoms with Crippen molar-refractivity contribution in [2.75, 3.05) is 42.8 Å². The Morgan fingerprint density at radius 1 is 0.893 bits per heavy atom. The molecule has 0 unspecified atom stereocenters.